The van der Waals surface area contributed by atoms with Crippen molar-refractivity contribution in [3.05, 3.63) is 12.2 Å². The molecule has 2 aliphatic heterocycles. The number of carbonyl (C=O) groups is 1. The monoisotopic (exact) mass is 583 g/mol. The molecule has 0 aliphatic carbocycles. The number of ether oxygens (including phenoxy) is 4. The van der Waals surface area contributed by atoms with Crippen molar-refractivity contribution in [2.45, 2.75) is 165 Å². The van der Waals surface area contributed by atoms with Gasteiger partial charge in [0.1, 0.15) is 6.10 Å². The minimum atomic E-state index is -0.487. The standard InChI is InChI=1S/C33H61NO7/c1-2-39-31(37)21-17-13-12-16-20-30-32-29(36)22-24-33(40-30,41-32)23-18-14-10-8-6-4-3-5-7-9-11-15-19-25-38-27-28(34)26-35/h17,21,28-30,32,35-36H,2-16,18-20,22-27,34H2,1H3/b21-17+/t28?,29-,30-,32-,33+/m0/s1. The van der Waals surface area contributed by atoms with Crippen LogP contribution in [0.25, 0.3) is 0 Å². The fourth-order valence-corrected chi connectivity index (χ4v) is 5.94. The molecule has 4 N–H and O–H groups in total. The Bertz CT molecular complexity index is 690. The lowest BCUT2D eigenvalue weighted by atomic mass is 9.94. The summed E-state index contributed by atoms with van der Waals surface area (Å²) >= 11 is 0. The molecular weight excluding hydrogens is 522 g/mol. The van der Waals surface area contributed by atoms with Crippen LogP contribution in [0.3, 0.4) is 0 Å². The summed E-state index contributed by atoms with van der Waals surface area (Å²) in [5.74, 6) is -0.767. The van der Waals surface area contributed by atoms with Crippen LogP contribution in [0.1, 0.15) is 135 Å². The summed E-state index contributed by atoms with van der Waals surface area (Å²) in [6.45, 7) is 3.40. The highest BCUT2D eigenvalue weighted by molar-refractivity contribution is 5.81. The molecule has 240 valence electrons. The number of aliphatic hydroxyl groups is 2. The number of fused-ring (bicyclic) bond motifs is 2. The molecule has 41 heavy (non-hydrogen) atoms. The smallest absolute Gasteiger partial charge is 0.330 e. The third-order valence-electron chi connectivity index (χ3n) is 8.35. The Hall–Kier alpha value is -1.03. The molecule has 0 amide bonds. The van der Waals surface area contributed by atoms with Gasteiger partial charge in [0.25, 0.3) is 0 Å². The summed E-state index contributed by atoms with van der Waals surface area (Å²) < 4.78 is 23.1. The molecule has 2 bridgehead atoms. The summed E-state index contributed by atoms with van der Waals surface area (Å²) in [6.07, 6.45) is 25.4. The number of allylic oxidation sites excluding steroid dienone is 1. The number of esters is 1. The van der Waals surface area contributed by atoms with Crippen LogP contribution in [-0.2, 0) is 23.7 Å². The maximum absolute atomic E-state index is 11.4. The molecule has 5 atom stereocenters. The van der Waals surface area contributed by atoms with Gasteiger partial charge < -0.3 is 34.9 Å². The van der Waals surface area contributed by atoms with Gasteiger partial charge in [-0.3, -0.25) is 0 Å². The molecule has 0 radical (unpaired) electrons. The average Bonchev–Trinajstić information content (AvgIpc) is 3.27. The molecule has 0 spiro atoms. The van der Waals surface area contributed by atoms with Crippen LogP contribution in [0.15, 0.2) is 12.2 Å². The lowest BCUT2D eigenvalue weighted by molar-refractivity contribution is -0.214. The Labute approximate surface area is 249 Å². The molecule has 0 saturated carbocycles. The summed E-state index contributed by atoms with van der Waals surface area (Å²) in [6, 6.07) is -0.248. The van der Waals surface area contributed by atoms with Crippen molar-refractivity contribution in [1.29, 1.82) is 0 Å². The first-order chi connectivity index (χ1) is 20.0. The fraction of sp³-hybridized carbons (Fsp3) is 0.909. The second kappa shape index (κ2) is 22.5. The number of unbranched alkanes of at least 4 members (excludes halogenated alkanes) is 14. The van der Waals surface area contributed by atoms with E-state index in [2.05, 4.69) is 0 Å². The van der Waals surface area contributed by atoms with E-state index in [1.54, 1.807) is 6.92 Å². The summed E-state index contributed by atoms with van der Waals surface area (Å²) in [4.78, 5) is 11.4. The molecule has 8 heteroatoms. The molecule has 8 nitrogen and oxygen atoms in total. The molecule has 0 aromatic carbocycles. The number of rotatable bonds is 26. The van der Waals surface area contributed by atoms with Crippen LogP contribution in [0.2, 0.25) is 0 Å². The van der Waals surface area contributed by atoms with E-state index in [9.17, 15) is 9.90 Å². The third kappa shape index (κ3) is 15.8. The zero-order valence-corrected chi connectivity index (χ0v) is 25.9. The Morgan fingerprint density at radius 3 is 2.22 bits per heavy atom. The van der Waals surface area contributed by atoms with Crippen LogP contribution in [0.4, 0.5) is 0 Å². The third-order valence-corrected chi connectivity index (χ3v) is 8.35. The van der Waals surface area contributed by atoms with Crippen LogP contribution in [-0.4, -0.2) is 72.8 Å². The Kier molecular flexibility index (Phi) is 19.8. The molecule has 1 unspecified atom stereocenters. The van der Waals surface area contributed by atoms with Crippen molar-refractivity contribution in [1.82, 2.24) is 0 Å². The van der Waals surface area contributed by atoms with Gasteiger partial charge in [-0.15, -0.1) is 0 Å². The zero-order valence-electron chi connectivity index (χ0n) is 25.9. The van der Waals surface area contributed by atoms with Gasteiger partial charge >= 0.3 is 5.97 Å². The summed E-state index contributed by atoms with van der Waals surface area (Å²) in [7, 11) is 0. The van der Waals surface area contributed by atoms with E-state index in [4.69, 9.17) is 29.8 Å². The predicted molar refractivity (Wildman–Crippen MR) is 162 cm³/mol. The molecule has 0 aromatic heterocycles. The van der Waals surface area contributed by atoms with Crippen molar-refractivity contribution in [3.63, 3.8) is 0 Å². The quantitative estimate of drug-likeness (QED) is 0.0635. The van der Waals surface area contributed by atoms with E-state index in [1.165, 1.54) is 76.7 Å². The Balaban J connectivity index is 1.42. The van der Waals surface area contributed by atoms with E-state index in [1.807, 2.05) is 6.08 Å². The molecule has 0 aromatic rings. The largest absolute Gasteiger partial charge is 0.463 e. The Morgan fingerprint density at radius 1 is 0.951 bits per heavy atom. The van der Waals surface area contributed by atoms with Crippen molar-refractivity contribution >= 4 is 5.97 Å². The van der Waals surface area contributed by atoms with Gasteiger partial charge in [0.05, 0.1) is 38.1 Å². The molecule has 2 heterocycles. The van der Waals surface area contributed by atoms with Gasteiger partial charge in [-0.1, -0.05) is 83.1 Å². The van der Waals surface area contributed by atoms with Gasteiger partial charge in [-0.2, -0.15) is 0 Å². The number of hydrogen-bond donors (Lipinski definition) is 3. The minimum absolute atomic E-state index is 0.0117. The van der Waals surface area contributed by atoms with Gasteiger partial charge in [0.15, 0.2) is 5.79 Å². The first-order valence-corrected chi connectivity index (χ1v) is 16.8. The SMILES string of the molecule is CCOC(=O)/C=C/CCCC[C@@H]1O[C@@]2(CCCCCCCCCCCCCCCOCC(N)CO)CC[C@H](O)[C@@H]1O2. The highest BCUT2D eigenvalue weighted by atomic mass is 16.8. The predicted octanol–water partition coefficient (Wildman–Crippen LogP) is 6.10. The Morgan fingerprint density at radius 2 is 1.59 bits per heavy atom. The lowest BCUT2D eigenvalue weighted by Gasteiger charge is -2.33. The van der Waals surface area contributed by atoms with Gasteiger partial charge in [0.2, 0.25) is 0 Å². The van der Waals surface area contributed by atoms with Crippen molar-refractivity contribution < 1.29 is 34.0 Å². The van der Waals surface area contributed by atoms with Crippen molar-refractivity contribution in [2.24, 2.45) is 5.73 Å². The number of nitrogens with two attached hydrogens (primary N) is 1. The zero-order chi connectivity index (χ0) is 29.6. The summed E-state index contributed by atoms with van der Waals surface area (Å²) in [5, 5.41) is 19.3. The minimum Gasteiger partial charge on any atom is -0.463 e. The topological polar surface area (TPSA) is 120 Å². The van der Waals surface area contributed by atoms with Gasteiger partial charge in [-0.05, 0) is 45.4 Å². The van der Waals surface area contributed by atoms with Gasteiger partial charge in [0, 0.05) is 25.5 Å². The molecule has 2 fully saturated rings. The first-order valence-electron chi connectivity index (χ1n) is 16.8. The average molecular weight is 584 g/mol. The van der Waals surface area contributed by atoms with Crippen molar-refractivity contribution in [2.75, 3.05) is 26.4 Å². The molecular formula is C33H61NO7. The second-order valence-corrected chi connectivity index (χ2v) is 12.1. The normalized spacial score (nSPS) is 24.7. The van der Waals surface area contributed by atoms with Gasteiger partial charge in [-0.25, -0.2) is 4.79 Å². The fourth-order valence-electron chi connectivity index (χ4n) is 5.94. The highest BCUT2D eigenvalue weighted by Gasteiger charge is 2.52. The van der Waals surface area contributed by atoms with E-state index in [-0.39, 0.29) is 30.8 Å². The molecule has 2 saturated heterocycles. The lowest BCUT2D eigenvalue weighted by Crippen LogP contribution is -2.41. The summed E-state index contributed by atoms with van der Waals surface area (Å²) in [5.41, 5.74) is 5.61. The first kappa shape index (κ1) is 36.2. The van der Waals surface area contributed by atoms with Crippen molar-refractivity contribution in [3.8, 4) is 0 Å². The second-order valence-electron chi connectivity index (χ2n) is 12.1. The van der Waals surface area contributed by atoms with E-state index in [0.29, 0.717) is 13.2 Å². The van der Waals surface area contributed by atoms with Crippen LogP contribution >= 0.6 is 0 Å². The maximum Gasteiger partial charge on any atom is 0.330 e. The number of aliphatic hydroxyl groups excluding tert-OH is 2. The van der Waals surface area contributed by atoms with E-state index < -0.39 is 11.9 Å². The van der Waals surface area contributed by atoms with Crippen LogP contribution in [0.5, 0.6) is 0 Å². The van der Waals surface area contributed by atoms with E-state index >= 15 is 0 Å². The van der Waals surface area contributed by atoms with Crippen LogP contribution in [0, 0.1) is 0 Å². The van der Waals surface area contributed by atoms with Crippen LogP contribution < -0.4 is 5.73 Å². The molecule has 2 rings (SSSR count). The highest BCUT2D eigenvalue weighted by Crippen LogP contribution is 2.44. The maximum atomic E-state index is 11.4. The number of hydrogen-bond acceptors (Lipinski definition) is 8. The molecule has 2 aliphatic rings. The number of carbonyl (C=O) groups excluding carboxylic acids is 1. The van der Waals surface area contributed by atoms with E-state index in [0.717, 1.165) is 64.4 Å².